The van der Waals surface area contributed by atoms with Crippen molar-refractivity contribution in [3.63, 3.8) is 0 Å². The molecule has 0 fully saturated rings. The normalized spacial score (nSPS) is 12.5. The molecule has 0 bridgehead atoms. The largest absolute Gasteiger partial charge is 0.381 e. The second-order valence-electron chi connectivity index (χ2n) is 11.3. The van der Waals surface area contributed by atoms with Crippen LogP contribution in [0.1, 0.15) is 101 Å². The minimum atomic E-state index is 0.230. The molecule has 224 valence electrons. The zero-order valence-electron chi connectivity index (χ0n) is 26.4. The van der Waals surface area contributed by atoms with Crippen LogP contribution in [0.3, 0.4) is 0 Å². The lowest BCUT2D eigenvalue weighted by Crippen LogP contribution is -2.20. The van der Waals surface area contributed by atoms with E-state index in [0.717, 1.165) is 85.0 Å². The SMILES string of the molecule is C=C(/C=C\C(C(=C)CC(=C)CCCCCC(=S)CCC)=C(/C)NC(CC)c1ccccc1)Cc1ccc(N=P)c(C)c1. The summed E-state index contributed by atoms with van der Waals surface area (Å²) < 4.78 is 4.14. The molecule has 2 rings (SSSR count). The second-order valence-corrected chi connectivity index (χ2v) is 12.1. The molecule has 0 aliphatic heterocycles. The van der Waals surface area contributed by atoms with Gasteiger partial charge in [0.1, 0.15) is 0 Å². The summed E-state index contributed by atoms with van der Waals surface area (Å²) in [7, 11) is 3.25. The van der Waals surface area contributed by atoms with Crippen molar-refractivity contribution in [3.05, 3.63) is 125 Å². The highest BCUT2D eigenvalue weighted by atomic mass is 32.1. The Kier molecular flexibility index (Phi) is 16.3. The standard InChI is InChI=1S/C38H51N2PS/c1-8-16-35(42)20-15-10-12-17-28(3)25-30(5)36(32(7)39-37(9-2)34-18-13-11-14-19-34)23-21-29(4)26-33-22-24-38(40-41)31(6)27-33/h11,13-14,18-19,21-24,27,37,39,41H,3-5,8-10,12,15-17,20,25-26H2,1-2,6-7H3/b23-21-,36-32-. The Hall–Kier alpha value is -2.87. The third-order valence-electron chi connectivity index (χ3n) is 7.56. The number of thiocarbonyl (C=S) groups is 1. The molecule has 0 aromatic heterocycles. The van der Waals surface area contributed by atoms with E-state index in [-0.39, 0.29) is 6.04 Å². The predicted octanol–water partition coefficient (Wildman–Crippen LogP) is 12.2. The van der Waals surface area contributed by atoms with E-state index in [0.29, 0.717) is 0 Å². The third kappa shape index (κ3) is 12.6. The summed E-state index contributed by atoms with van der Waals surface area (Å²) in [5.41, 5.74) is 10.2. The minimum absolute atomic E-state index is 0.230. The molecule has 1 atom stereocenters. The van der Waals surface area contributed by atoms with Crippen LogP contribution in [-0.2, 0) is 6.42 Å². The Balaban J connectivity index is 2.15. The summed E-state index contributed by atoms with van der Waals surface area (Å²) in [6.45, 7) is 22.0. The fourth-order valence-corrected chi connectivity index (χ4v) is 5.79. The molecule has 0 spiro atoms. The lowest BCUT2D eigenvalue weighted by atomic mass is 9.94. The molecule has 1 unspecified atom stereocenters. The van der Waals surface area contributed by atoms with Crippen LogP contribution in [0.25, 0.3) is 0 Å². The fraction of sp³-hybridized carbons (Fsp3) is 0.395. The van der Waals surface area contributed by atoms with E-state index in [2.05, 4.69) is 121 Å². The molecule has 0 saturated carbocycles. The lowest BCUT2D eigenvalue weighted by molar-refractivity contribution is 0.577. The molecule has 0 saturated heterocycles. The average molecular weight is 599 g/mol. The molecule has 0 aliphatic carbocycles. The highest BCUT2D eigenvalue weighted by Crippen LogP contribution is 2.27. The highest BCUT2D eigenvalue weighted by Gasteiger charge is 2.13. The monoisotopic (exact) mass is 598 g/mol. The van der Waals surface area contributed by atoms with Crippen LogP contribution in [0.4, 0.5) is 5.69 Å². The molecule has 1 N–H and O–H groups in total. The van der Waals surface area contributed by atoms with Gasteiger partial charge in [0.25, 0.3) is 0 Å². The Labute approximate surface area is 264 Å². The number of rotatable bonds is 20. The van der Waals surface area contributed by atoms with Crippen molar-refractivity contribution in [3.8, 4) is 0 Å². The van der Waals surface area contributed by atoms with Crippen molar-refractivity contribution >= 4 is 31.8 Å². The molecule has 0 amide bonds. The quantitative estimate of drug-likeness (QED) is 0.0539. The van der Waals surface area contributed by atoms with E-state index in [1.165, 1.54) is 34.4 Å². The Morgan fingerprint density at radius 3 is 2.33 bits per heavy atom. The van der Waals surface area contributed by atoms with Gasteiger partial charge < -0.3 is 5.32 Å². The van der Waals surface area contributed by atoms with Crippen LogP contribution in [0.15, 0.2) is 113 Å². The molecular formula is C38H51N2PS. The van der Waals surface area contributed by atoms with Crippen LogP contribution >= 0.6 is 21.2 Å². The van der Waals surface area contributed by atoms with Crippen LogP contribution in [-0.4, -0.2) is 4.86 Å². The Morgan fingerprint density at radius 1 is 0.976 bits per heavy atom. The van der Waals surface area contributed by atoms with Gasteiger partial charge in [-0.05, 0) is 113 Å². The summed E-state index contributed by atoms with van der Waals surface area (Å²) in [5.74, 6) is 0. The van der Waals surface area contributed by atoms with Gasteiger partial charge in [0, 0.05) is 5.70 Å². The molecule has 0 radical (unpaired) electrons. The molecule has 4 heteroatoms. The summed E-state index contributed by atoms with van der Waals surface area (Å²) in [5, 5.41) is 3.79. The number of hydrogen-bond acceptors (Lipinski definition) is 3. The van der Waals surface area contributed by atoms with Gasteiger partial charge in [0.2, 0.25) is 0 Å². The van der Waals surface area contributed by atoms with Gasteiger partial charge in [-0.3, -0.25) is 0 Å². The zero-order valence-corrected chi connectivity index (χ0v) is 28.2. The number of benzene rings is 2. The van der Waals surface area contributed by atoms with Gasteiger partial charge in [-0.25, -0.2) is 4.74 Å². The first-order valence-corrected chi connectivity index (χ1v) is 16.3. The van der Waals surface area contributed by atoms with Crippen molar-refractivity contribution < 1.29 is 0 Å². The first-order chi connectivity index (χ1) is 20.2. The van der Waals surface area contributed by atoms with Crippen molar-refractivity contribution in [2.24, 2.45) is 4.74 Å². The third-order valence-corrected chi connectivity index (χ3v) is 8.21. The van der Waals surface area contributed by atoms with Crippen molar-refractivity contribution in [1.82, 2.24) is 5.32 Å². The van der Waals surface area contributed by atoms with Crippen molar-refractivity contribution in [2.75, 3.05) is 0 Å². The molecule has 0 heterocycles. The molecule has 2 aromatic rings. The van der Waals surface area contributed by atoms with Gasteiger partial charge in [0.05, 0.1) is 11.7 Å². The summed E-state index contributed by atoms with van der Waals surface area (Å²) in [6, 6.07) is 17.2. The van der Waals surface area contributed by atoms with E-state index in [9.17, 15) is 0 Å². The van der Waals surface area contributed by atoms with Crippen LogP contribution < -0.4 is 5.32 Å². The van der Waals surface area contributed by atoms with Gasteiger partial charge in [-0.2, -0.15) is 0 Å². The molecule has 2 aromatic carbocycles. The lowest BCUT2D eigenvalue weighted by Gasteiger charge is -2.22. The molecule has 0 aliphatic rings. The van der Waals surface area contributed by atoms with E-state index < -0.39 is 0 Å². The Morgan fingerprint density at radius 2 is 1.69 bits per heavy atom. The number of hydrogen-bond donors (Lipinski definition) is 1. The summed E-state index contributed by atoms with van der Waals surface area (Å²) in [6.07, 6.45) is 14.7. The predicted molar refractivity (Wildman–Crippen MR) is 192 cm³/mol. The number of nitrogens with zero attached hydrogens (tertiary/aromatic N) is 1. The zero-order chi connectivity index (χ0) is 30.9. The number of aryl methyl sites for hydroxylation is 1. The van der Waals surface area contributed by atoms with Gasteiger partial charge in [-0.15, -0.1) is 0 Å². The number of nitrogens with one attached hydrogen (secondary N) is 1. The van der Waals surface area contributed by atoms with Gasteiger partial charge in [-0.1, -0.05) is 124 Å². The first kappa shape index (κ1) is 35.3. The van der Waals surface area contributed by atoms with E-state index in [1.54, 1.807) is 0 Å². The molecular weight excluding hydrogens is 547 g/mol. The maximum Gasteiger partial charge on any atom is 0.0701 e. The summed E-state index contributed by atoms with van der Waals surface area (Å²) in [4.78, 5) is 1.22. The maximum absolute atomic E-state index is 5.47. The van der Waals surface area contributed by atoms with E-state index >= 15 is 0 Å². The highest BCUT2D eigenvalue weighted by molar-refractivity contribution is 7.80. The van der Waals surface area contributed by atoms with Crippen molar-refractivity contribution in [2.45, 2.75) is 97.9 Å². The number of allylic oxidation sites excluding steroid dienone is 7. The minimum Gasteiger partial charge on any atom is -0.381 e. The smallest absolute Gasteiger partial charge is 0.0701 e. The number of unbranched alkanes of at least 4 members (excludes halogenated alkanes) is 2. The molecule has 2 nitrogen and oxygen atoms in total. The second kappa shape index (κ2) is 19.3. The van der Waals surface area contributed by atoms with Crippen molar-refractivity contribution in [1.29, 1.82) is 0 Å². The molecule has 42 heavy (non-hydrogen) atoms. The average Bonchev–Trinajstić information content (AvgIpc) is 2.96. The van der Waals surface area contributed by atoms with Crippen LogP contribution in [0, 0.1) is 6.92 Å². The van der Waals surface area contributed by atoms with E-state index in [4.69, 9.17) is 12.2 Å². The Bertz CT molecular complexity index is 1290. The topological polar surface area (TPSA) is 24.4 Å². The summed E-state index contributed by atoms with van der Waals surface area (Å²) >= 11 is 5.47. The van der Waals surface area contributed by atoms with E-state index in [1.807, 2.05) is 6.07 Å². The van der Waals surface area contributed by atoms with Crippen LogP contribution in [0.2, 0.25) is 0 Å². The van der Waals surface area contributed by atoms with Gasteiger partial charge in [0.15, 0.2) is 0 Å². The fourth-order valence-electron chi connectivity index (χ4n) is 5.19. The van der Waals surface area contributed by atoms with Gasteiger partial charge >= 0.3 is 0 Å². The van der Waals surface area contributed by atoms with Crippen LogP contribution in [0.5, 0.6) is 0 Å². The maximum atomic E-state index is 5.47. The first-order valence-electron chi connectivity index (χ1n) is 15.4.